The zero-order valence-corrected chi connectivity index (χ0v) is 12.3. The maximum atomic E-state index is 13.4. The number of nitriles is 1. The van der Waals surface area contributed by atoms with Crippen LogP contribution in [0.25, 0.3) is 0 Å². The van der Waals surface area contributed by atoms with Crippen molar-refractivity contribution >= 4 is 21.7 Å². The van der Waals surface area contributed by atoms with Crippen LogP contribution in [0.5, 0.6) is 0 Å². The van der Waals surface area contributed by atoms with Crippen LogP contribution in [0.1, 0.15) is 27.4 Å². The van der Waals surface area contributed by atoms with Crippen molar-refractivity contribution < 1.29 is 9.18 Å². The first-order chi connectivity index (χ1) is 9.51. The van der Waals surface area contributed by atoms with Crippen LogP contribution in [0.3, 0.4) is 0 Å². The Kier molecular flexibility index (Phi) is 4.31. The van der Waals surface area contributed by atoms with Crippen molar-refractivity contribution in [2.45, 2.75) is 12.8 Å². The number of ketones is 1. The standard InChI is InChI=1S/C16H11BrFNO/c1-10-3-2-4-11(5-10)15(9-19)16(20)12-6-13(17)8-14(18)7-12/h2-8,15H,1H3. The summed E-state index contributed by atoms with van der Waals surface area (Å²) in [5, 5.41) is 9.26. The van der Waals surface area contributed by atoms with E-state index in [4.69, 9.17) is 0 Å². The predicted molar refractivity (Wildman–Crippen MR) is 78.0 cm³/mol. The van der Waals surface area contributed by atoms with Gasteiger partial charge in [0.25, 0.3) is 0 Å². The topological polar surface area (TPSA) is 40.9 Å². The van der Waals surface area contributed by atoms with Gasteiger partial charge < -0.3 is 0 Å². The van der Waals surface area contributed by atoms with Crippen LogP contribution in [-0.4, -0.2) is 5.78 Å². The summed E-state index contributed by atoms with van der Waals surface area (Å²) in [6, 6.07) is 13.1. The van der Waals surface area contributed by atoms with Crippen LogP contribution in [0, 0.1) is 24.1 Å². The third-order valence-corrected chi connectivity index (χ3v) is 3.37. The highest BCUT2D eigenvalue weighted by Crippen LogP contribution is 2.24. The quantitative estimate of drug-likeness (QED) is 0.783. The molecule has 0 aliphatic carbocycles. The van der Waals surface area contributed by atoms with Crippen LogP contribution >= 0.6 is 15.9 Å². The monoisotopic (exact) mass is 331 g/mol. The summed E-state index contributed by atoms with van der Waals surface area (Å²) in [5.74, 6) is -1.84. The summed E-state index contributed by atoms with van der Waals surface area (Å²) in [7, 11) is 0. The second-order valence-corrected chi connectivity index (χ2v) is 5.41. The molecule has 0 aliphatic rings. The van der Waals surface area contributed by atoms with Gasteiger partial charge in [-0.3, -0.25) is 4.79 Å². The zero-order valence-electron chi connectivity index (χ0n) is 10.7. The van der Waals surface area contributed by atoms with E-state index in [-0.39, 0.29) is 5.56 Å². The molecule has 2 aromatic carbocycles. The highest BCUT2D eigenvalue weighted by molar-refractivity contribution is 9.10. The van der Waals surface area contributed by atoms with Gasteiger partial charge in [-0.1, -0.05) is 45.8 Å². The largest absolute Gasteiger partial charge is 0.292 e. The maximum Gasteiger partial charge on any atom is 0.184 e. The van der Waals surface area contributed by atoms with E-state index in [2.05, 4.69) is 15.9 Å². The van der Waals surface area contributed by atoms with E-state index in [1.165, 1.54) is 12.1 Å². The van der Waals surface area contributed by atoms with Crippen molar-refractivity contribution in [2.75, 3.05) is 0 Å². The number of benzene rings is 2. The lowest BCUT2D eigenvalue weighted by Crippen LogP contribution is -2.11. The third kappa shape index (κ3) is 3.12. The predicted octanol–water partition coefficient (Wildman–Crippen LogP) is 4.39. The number of Topliss-reactive ketones (excluding diaryl/α,β-unsaturated/α-hetero) is 1. The summed E-state index contributed by atoms with van der Waals surface area (Å²) in [6.45, 7) is 1.89. The molecule has 0 heterocycles. The van der Waals surface area contributed by atoms with Crippen LogP contribution in [0.15, 0.2) is 46.9 Å². The molecule has 0 bridgehead atoms. The molecule has 4 heteroatoms. The van der Waals surface area contributed by atoms with Gasteiger partial charge in [-0.15, -0.1) is 0 Å². The summed E-state index contributed by atoms with van der Waals surface area (Å²) >= 11 is 3.15. The van der Waals surface area contributed by atoms with Crippen molar-refractivity contribution in [3.63, 3.8) is 0 Å². The van der Waals surface area contributed by atoms with E-state index in [1.54, 1.807) is 18.2 Å². The third-order valence-electron chi connectivity index (χ3n) is 2.91. The van der Waals surface area contributed by atoms with Gasteiger partial charge in [-0.2, -0.15) is 5.26 Å². The van der Waals surface area contributed by atoms with Crippen molar-refractivity contribution in [1.29, 1.82) is 5.26 Å². The molecule has 0 fully saturated rings. The first-order valence-corrected chi connectivity index (χ1v) is 6.77. The van der Waals surface area contributed by atoms with Crippen LogP contribution in [-0.2, 0) is 0 Å². The Bertz CT molecular complexity index is 686. The normalized spacial score (nSPS) is 11.7. The number of carbonyl (C=O) groups excluding carboxylic acids is 1. The molecule has 1 unspecified atom stereocenters. The minimum absolute atomic E-state index is 0.185. The molecule has 0 amide bonds. The second kappa shape index (κ2) is 5.98. The van der Waals surface area contributed by atoms with E-state index in [1.807, 2.05) is 19.1 Å². The van der Waals surface area contributed by atoms with Crippen molar-refractivity contribution in [3.05, 3.63) is 69.4 Å². The molecule has 0 saturated carbocycles. The van der Waals surface area contributed by atoms with Gasteiger partial charge in [-0.25, -0.2) is 4.39 Å². The Morgan fingerprint density at radius 3 is 2.65 bits per heavy atom. The number of hydrogen-bond acceptors (Lipinski definition) is 2. The summed E-state index contributed by atoms with van der Waals surface area (Å²) in [4.78, 5) is 12.4. The van der Waals surface area contributed by atoms with E-state index in [0.717, 1.165) is 11.6 Å². The second-order valence-electron chi connectivity index (χ2n) is 4.50. The number of aryl methyl sites for hydroxylation is 1. The minimum Gasteiger partial charge on any atom is -0.292 e. The molecule has 0 aromatic heterocycles. The first-order valence-electron chi connectivity index (χ1n) is 5.98. The number of nitrogens with zero attached hydrogens (tertiary/aromatic N) is 1. The molecule has 0 aliphatic heterocycles. The van der Waals surface area contributed by atoms with Crippen LogP contribution in [0.4, 0.5) is 4.39 Å². The number of halogens is 2. The Balaban J connectivity index is 2.42. The van der Waals surface area contributed by atoms with Gasteiger partial charge >= 0.3 is 0 Å². The highest BCUT2D eigenvalue weighted by Gasteiger charge is 2.22. The fourth-order valence-electron chi connectivity index (χ4n) is 2.00. The molecular formula is C16H11BrFNO. The van der Waals surface area contributed by atoms with Crippen molar-refractivity contribution in [3.8, 4) is 6.07 Å². The SMILES string of the molecule is Cc1cccc(C(C#N)C(=O)c2cc(F)cc(Br)c2)c1. The molecule has 1 atom stereocenters. The fourth-order valence-corrected chi connectivity index (χ4v) is 2.46. The molecule has 0 saturated heterocycles. The van der Waals surface area contributed by atoms with E-state index >= 15 is 0 Å². The highest BCUT2D eigenvalue weighted by atomic mass is 79.9. The lowest BCUT2D eigenvalue weighted by atomic mass is 9.91. The number of carbonyl (C=O) groups is 1. The van der Waals surface area contributed by atoms with Gasteiger partial charge in [0.1, 0.15) is 11.7 Å². The van der Waals surface area contributed by atoms with Gasteiger partial charge in [0.05, 0.1) is 6.07 Å². The van der Waals surface area contributed by atoms with E-state index < -0.39 is 17.5 Å². The van der Waals surface area contributed by atoms with Gasteiger partial charge in [-0.05, 0) is 30.7 Å². The molecule has 2 rings (SSSR count). The van der Waals surface area contributed by atoms with Gasteiger partial charge in [0, 0.05) is 10.0 Å². The van der Waals surface area contributed by atoms with Crippen LogP contribution < -0.4 is 0 Å². The Hall–Kier alpha value is -1.99. The Morgan fingerprint density at radius 2 is 2.05 bits per heavy atom. The molecule has 20 heavy (non-hydrogen) atoms. The fraction of sp³-hybridized carbons (Fsp3) is 0.125. The number of hydrogen-bond donors (Lipinski definition) is 0. The molecule has 100 valence electrons. The van der Waals surface area contributed by atoms with E-state index in [9.17, 15) is 14.4 Å². The Labute approximate surface area is 125 Å². The van der Waals surface area contributed by atoms with E-state index in [0.29, 0.717) is 10.0 Å². The lowest BCUT2D eigenvalue weighted by Gasteiger charge is -2.10. The minimum atomic E-state index is -0.927. The Morgan fingerprint density at radius 1 is 1.30 bits per heavy atom. The molecule has 0 spiro atoms. The molecule has 2 nitrogen and oxygen atoms in total. The zero-order chi connectivity index (χ0) is 14.7. The smallest absolute Gasteiger partial charge is 0.184 e. The van der Waals surface area contributed by atoms with Crippen molar-refractivity contribution in [2.24, 2.45) is 0 Å². The van der Waals surface area contributed by atoms with Crippen molar-refractivity contribution in [1.82, 2.24) is 0 Å². The number of rotatable bonds is 3. The summed E-state index contributed by atoms with van der Waals surface area (Å²) in [6.07, 6.45) is 0. The summed E-state index contributed by atoms with van der Waals surface area (Å²) in [5.41, 5.74) is 1.78. The maximum absolute atomic E-state index is 13.4. The molecule has 2 aromatic rings. The summed E-state index contributed by atoms with van der Waals surface area (Å²) < 4.78 is 13.8. The first kappa shape index (κ1) is 14.4. The van der Waals surface area contributed by atoms with Crippen LogP contribution in [0.2, 0.25) is 0 Å². The molecule has 0 radical (unpaired) electrons. The average molecular weight is 332 g/mol. The average Bonchev–Trinajstić information content (AvgIpc) is 2.38. The molecule has 0 N–H and O–H groups in total. The van der Waals surface area contributed by atoms with Gasteiger partial charge in [0.2, 0.25) is 0 Å². The van der Waals surface area contributed by atoms with Gasteiger partial charge in [0.15, 0.2) is 5.78 Å². The lowest BCUT2D eigenvalue weighted by molar-refractivity contribution is 0.0978. The molecular weight excluding hydrogens is 321 g/mol.